The minimum Gasteiger partial charge on any atom is -0.497 e. The molecule has 3 nitrogen and oxygen atoms in total. The minimum absolute atomic E-state index is 0.287. The standard InChI is InChI=1S/C17H17FO3/c1-11-6-7-13(10-16(11)18)15(17(19)20)9-12-4-3-5-14(8-12)21-2/h3-8,10,15H,9H2,1-2H3,(H,19,20). The first-order valence-corrected chi connectivity index (χ1v) is 6.63. The average Bonchev–Trinajstić information content (AvgIpc) is 2.47. The van der Waals surface area contributed by atoms with Crippen molar-refractivity contribution in [3.63, 3.8) is 0 Å². The molecule has 110 valence electrons. The quantitative estimate of drug-likeness (QED) is 0.915. The first-order valence-electron chi connectivity index (χ1n) is 6.63. The predicted molar refractivity (Wildman–Crippen MR) is 78.2 cm³/mol. The highest BCUT2D eigenvalue weighted by atomic mass is 19.1. The van der Waals surface area contributed by atoms with Gasteiger partial charge < -0.3 is 9.84 Å². The van der Waals surface area contributed by atoms with Crippen molar-refractivity contribution in [2.24, 2.45) is 0 Å². The van der Waals surface area contributed by atoms with Gasteiger partial charge in [0.05, 0.1) is 13.0 Å². The lowest BCUT2D eigenvalue weighted by Crippen LogP contribution is -2.15. The number of aliphatic carboxylic acids is 1. The van der Waals surface area contributed by atoms with Crippen molar-refractivity contribution < 1.29 is 19.0 Å². The molecule has 0 radical (unpaired) electrons. The highest BCUT2D eigenvalue weighted by Gasteiger charge is 2.21. The van der Waals surface area contributed by atoms with Crippen LogP contribution in [0.15, 0.2) is 42.5 Å². The Balaban J connectivity index is 2.30. The third kappa shape index (κ3) is 3.60. The van der Waals surface area contributed by atoms with E-state index in [1.807, 2.05) is 12.1 Å². The lowest BCUT2D eigenvalue weighted by molar-refractivity contribution is -0.138. The van der Waals surface area contributed by atoms with E-state index in [9.17, 15) is 14.3 Å². The summed E-state index contributed by atoms with van der Waals surface area (Å²) in [5.74, 6) is -1.47. The number of aryl methyl sites for hydroxylation is 1. The Morgan fingerprint density at radius 3 is 2.67 bits per heavy atom. The highest BCUT2D eigenvalue weighted by molar-refractivity contribution is 5.76. The van der Waals surface area contributed by atoms with Crippen LogP contribution in [0.25, 0.3) is 0 Å². The maximum Gasteiger partial charge on any atom is 0.311 e. The molecule has 4 heteroatoms. The van der Waals surface area contributed by atoms with Crippen LogP contribution in [0.1, 0.15) is 22.6 Å². The average molecular weight is 288 g/mol. The number of halogens is 1. The van der Waals surface area contributed by atoms with Gasteiger partial charge in [-0.1, -0.05) is 24.3 Å². The van der Waals surface area contributed by atoms with Gasteiger partial charge in [0, 0.05) is 0 Å². The van der Waals surface area contributed by atoms with Crippen molar-refractivity contribution in [3.8, 4) is 5.75 Å². The Hall–Kier alpha value is -2.36. The molecule has 0 amide bonds. The molecule has 0 bridgehead atoms. The zero-order valence-corrected chi connectivity index (χ0v) is 12.0. The maximum atomic E-state index is 13.6. The molecule has 0 aromatic heterocycles. The molecule has 1 atom stereocenters. The van der Waals surface area contributed by atoms with Gasteiger partial charge in [0.15, 0.2) is 0 Å². The van der Waals surface area contributed by atoms with Gasteiger partial charge in [-0.05, 0) is 48.2 Å². The van der Waals surface area contributed by atoms with Crippen LogP contribution in [0.5, 0.6) is 5.75 Å². The summed E-state index contributed by atoms with van der Waals surface area (Å²) in [7, 11) is 1.56. The summed E-state index contributed by atoms with van der Waals surface area (Å²) in [4.78, 5) is 11.5. The molecule has 0 aliphatic carbocycles. The molecule has 0 aliphatic heterocycles. The van der Waals surface area contributed by atoms with E-state index in [1.165, 1.54) is 6.07 Å². The summed E-state index contributed by atoms with van der Waals surface area (Å²) >= 11 is 0. The van der Waals surface area contributed by atoms with E-state index in [1.54, 1.807) is 38.3 Å². The lowest BCUT2D eigenvalue weighted by atomic mass is 9.91. The second kappa shape index (κ2) is 6.39. The zero-order chi connectivity index (χ0) is 15.4. The molecule has 0 saturated carbocycles. The molecule has 21 heavy (non-hydrogen) atoms. The Morgan fingerprint density at radius 1 is 1.29 bits per heavy atom. The van der Waals surface area contributed by atoms with E-state index in [0.29, 0.717) is 16.9 Å². The molecule has 2 aromatic rings. The lowest BCUT2D eigenvalue weighted by Gasteiger charge is -2.14. The second-order valence-corrected chi connectivity index (χ2v) is 4.96. The Morgan fingerprint density at radius 2 is 2.05 bits per heavy atom. The topological polar surface area (TPSA) is 46.5 Å². The molecule has 0 aliphatic rings. The Bertz CT molecular complexity index is 652. The first-order chi connectivity index (χ1) is 10.0. The number of carboxylic acids is 1. The van der Waals surface area contributed by atoms with Gasteiger partial charge in [0.25, 0.3) is 0 Å². The molecule has 1 N–H and O–H groups in total. The van der Waals surface area contributed by atoms with Gasteiger partial charge in [-0.15, -0.1) is 0 Å². The summed E-state index contributed by atoms with van der Waals surface area (Å²) in [5.41, 5.74) is 1.81. The van der Waals surface area contributed by atoms with Gasteiger partial charge in [0.2, 0.25) is 0 Å². The van der Waals surface area contributed by atoms with Crippen molar-refractivity contribution in [1.29, 1.82) is 0 Å². The van der Waals surface area contributed by atoms with Crippen LogP contribution in [0.2, 0.25) is 0 Å². The minimum atomic E-state index is -0.971. The van der Waals surface area contributed by atoms with E-state index >= 15 is 0 Å². The van der Waals surface area contributed by atoms with Crippen LogP contribution in [0.3, 0.4) is 0 Å². The smallest absolute Gasteiger partial charge is 0.311 e. The second-order valence-electron chi connectivity index (χ2n) is 4.96. The zero-order valence-electron chi connectivity index (χ0n) is 12.0. The summed E-state index contributed by atoms with van der Waals surface area (Å²) in [5, 5.41) is 9.42. The van der Waals surface area contributed by atoms with Crippen molar-refractivity contribution >= 4 is 5.97 Å². The van der Waals surface area contributed by atoms with E-state index in [-0.39, 0.29) is 12.2 Å². The summed E-state index contributed by atoms with van der Waals surface area (Å²) in [6.07, 6.45) is 0.287. The fraction of sp³-hybridized carbons (Fsp3) is 0.235. The monoisotopic (exact) mass is 288 g/mol. The van der Waals surface area contributed by atoms with Crippen LogP contribution in [0, 0.1) is 12.7 Å². The van der Waals surface area contributed by atoms with Crippen molar-refractivity contribution in [3.05, 3.63) is 65.0 Å². The number of rotatable bonds is 5. The molecule has 0 saturated heterocycles. The molecule has 0 fully saturated rings. The summed E-state index contributed by atoms with van der Waals surface area (Å²) < 4.78 is 18.8. The van der Waals surface area contributed by atoms with Crippen LogP contribution in [-0.4, -0.2) is 18.2 Å². The van der Waals surface area contributed by atoms with E-state index in [2.05, 4.69) is 0 Å². The highest BCUT2D eigenvalue weighted by Crippen LogP contribution is 2.25. The normalized spacial score (nSPS) is 12.0. The Labute approximate surface area is 123 Å². The molecule has 2 aromatic carbocycles. The van der Waals surface area contributed by atoms with E-state index < -0.39 is 11.9 Å². The number of hydrogen-bond acceptors (Lipinski definition) is 2. The van der Waals surface area contributed by atoms with Crippen LogP contribution in [0.4, 0.5) is 4.39 Å². The van der Waals surface area contributed by atoms with Crippen LogP contribution in [-0.2, 0) is 11.2 Å². The largest absolute Gasteiger partial charge is 0.497 e. The molecule has 1 unspecified atom stereocenters. The third-order valence-corrected chi connectivity index (χ3v) is 3.47. The van der Waals surface area contributed by atoms with Gasteiger partial charge in [-0.3, -0.25) is 4.79 Å². The molecule has 2 rings (SSSR count). The maximum absolute atomic E-state index is 13.6. The van der Waals surface area contributed by atoms with Gasteiger partial charge in [-0.25, -0.2) is 4.39 Å². The summed E-state index contributed by atoms with van der Waals surface area (Å²) in [6.45, 7) is 1.65. The molecule has 0 spiro atoms. The summed E-state index contributed by atoms with van der Waals surface area (Å²) in [6, 6.07) is 11.8. The number of methoxy groups -OCH3 is 1. The fourth-order valence-electron chi connectivity index (χ4n) is 2.21. The van der Waals surface area contributed by atoms with Gasteiger partial charge in [-0.2, -0.15) is 0 Å². The van der Waals surface area contributed by atoms with Gasteiger partial charge >= 0.3 is 5.97 Å². The SMILES string of the molecule is COc1cccc(CC(C(=O)O)c2ccc(C)c(F)c2)c1. The van der Waals surface area contributed by atoms with Gasteiger partial charge in [0.1, 0.15) is 11.6 Å². The number of ether oxygens (including phenoxy) is 1. The molecule has 0 heterocycles. The number of carboxylic acid groups (broad SMARTS) is 1. The predicted octanol–water partition coefficient (Wildman–Crippen LogP) is 3.55. The van der Waals surface area contributed by atoms with E-state index in [0.717, 1.165) is 5.56 Å². The fourth-order valence-corrected chi connectivity index (χ4v) is 2.21. The first kappa shape index (κ1) is 15.0. The number of hydrogen-bond donors (Lipinski definition) is 1. The van der Waals surface area contributed by atoms with E-state index in [4.69, 9.17) is 4.74 Å². The number of carbonyl (C=O) groups is 1. The Kier molecular flexibility index (Phi) is 4.58. The van der Waals surface area contributed by atoms with Crippen molar-refractivity contribution in [2.75, 3.05) is 7.11 Å². The molecular weight excluding hydrogens is 271 g/mol. The van der Waals surface area contributed by atoms with Crippen molar-refractivity contribution in [1.82, 2.24) is 0 Å². The van der Waals surface area contributed by atoms with Crippen LogP contribution < -0.4 is 4.74 Å². The third-order valence-electron chi connectivity index (χ3n) is 3.47. The van der Waals surface area contributed by atoms with Crippen molar-refractivity contribution in [2.45, 2.75) is 19.3 Å². The molecular formula is C17H17FO3. The van der Waals surface area contributed by atoms with Crippen LogP contribution >= 0.6 is 0 Å². The number of benzene rings is 2.